The van der Waals surface area contributed by atoms with Crippen LogP contribution in [-0.2, 0) is 11.3 Å². The van der Waals surface area contributed by atoms with Crippen LogP contribution >= 0.6 is 0 Å². The van der Waals surface area contributed by atoms with Gasteiger partial charge < -0.3 is 5.32 Å². The molecule has 3 nitrogen and oxygen atoms in total. The summed E-state index contributed by atoms with van der Waals surface area (Å²) in [7, 11) is 1.95. The standard InChI is InChI=1S/C14H22N2O/c1-14(2,3)15-13(17)11-16(4)10-12-8-6-5-7-9-12/h5-9H,10-11H2,1-4H3,(H,15,17). The lowest BCUT2D eigenvalue weighted by molar-refractivity contribution is -0.123. The van der Waals surface area contributed by atoms with Crippen LogP contribution in [0.15, 0.2) is 30.3 Å². The fraction of sp³-hybridized carbons (Fsp3) is 0.500. The van der Waals surface area contributed by atoms with E-state index in [1.54, 1.807) is 0 Å². The summed E-state index contributed by atoms with van der Waals surface area (Å²) in [6, 6.07) is 10.2. The van der Waals surface area contributed by atoms with E-state index in [2.05, 4.69) is 17.4 Å². The Kier molecular flexibility index (Phi) is 4.70. The first-order valence-corrected chi connectivity index (χ1v) is 5.90. The van der Waals surface area contributed by atoms with E-state index in [9.17, 15) is 4.79 Å². The largest absolute Gasteiger partial charge is 0.350 e. The van der Waals surface area contributed by atoms with Crippen molar-refractivity contribution < 1.29 is 4.79 Å². The van der Waals surface area contributed by atoms with Gasteiger partial charge in [-0.1, -0.05) is 30.3 Å². The Balaban J connectivity index is 2.40. The smallest absolute Gasteiger partial charge is 0.234 e. The molecule has 0 saturated heterocycles. The molecular formula is C14H22N2O. The van der Waals surface area contributed by atoms with Crippen LogP contribution in [0.5, 0.6) is 0 Å². The lowest BCUT2D eigenvalue weighted by Crippen LogP contribution is -2.45. The van der Waals surface area contributed by atoms with E-state index in [-0.39, 0.29) is 11.4 Å². The third kappa shape index (κ3) is 6.07. The van der Waals surface area contributed by atoms with E-state index in [1.807, 2.05) is 50.9 Å². The molecule has 0 radical (unpaired) electrons. The van der Waals surface area contributed by atoms with Gasteiger partial charge in [-0.3, -0.25) is 9.69 Å². The predicted molar refractivity (Wildman–Crippen MR) is 70.7 cm³/mol. The Morgan fingerprint density at radius 1 is 1.24 bits per heavy atom. The van der Waals surface area contributed by atoms with Crippen molar-refractivity contribution in [3.05, 3.63) is 35.9 Å². The molecule has 0 spiro atoms. The molecule has 0 atom stereocenters. The SMILES string of the molecule is CN(CC(=O)NC(C)(C)C)Cc1ccccc1. The van der Waals surface area contributed by atoms with Crippen molar-refractivity contribution in [2.75, 3.05) is 13.6 Å². The van der Waals surface area contributed by atoms with Gasteiger partial charge in [0.05, 0.1) is 6.54 Å². The molecular weight excluding hydrogens is 212 g/mol. The number of benzene rings is 1. The molecule has 94 valence electrons. The van der Waals surface area contributed by atoms with E-state index in [4.69, 9.17) is 0 Å². The first kappa shape index (κ1) is 13.7. The lowest BCUT2D eigenvalue weighted by Gasteiger charge is -2.23. The first-order chi connectivity index (χ1) is 7.87. The molecule has 0 bridgehead atoms. The quantitative estimate of drug-likeness (QED) is 0.864. The highest BCUT2D eigenvalue weighted by Crippen LogP contribution is 2.03. The van der Waals surface area contributed by atoms with Gasteiger partial charge in [0.2, 0.25) is 5.91 Å². The van der Waals surface area contributed by atoms with E-state index >= 15 is 0 Å². The van der Waals surface area contributed by atoms with E-state index in [0.29, 0.717) is 6.54 Å². The molecule has 1 N–H and O–H groups in total. The molecule has 0 heterocycles. The number of likely N-dealkylation sites (N-methyl/N-ethyl adjacent to an activating group) is 1. The Hall–Kier alpha value is -1.35. The lowest BCUT2D eigenvalue weighted by atomic mass is 10.1. The molecule has 1 aromatic carbocycles. The van der Waals surface area contributed by atoms with E-state index in [1.165, 1.54) is 5.56 Å². The number of carbonyl (C=O) groups excluding carboxylic acids is 1. The summed E-state index contributed by atoms with van der Waals surface area (Å²) in [5.41, 5.74) is 1.06. The molecule has 17 heavy (non-hydrogen) atoms. The average molecular weight is 234 g/mol. The number of rotatable bonds is 4. The highest BCUT2D eigenvalue weighted by Gasteiger charge is 2.14. The van der Waals surface area contributed by atoms with Crippen LogP contribution in [0.4, 0.5) is 0 Å². The zero-order chi connectivity index (χ0) is 12.9. The molecule has 0 aliphatic carbocycles. The van der Waals surface area contributed by atoms with Crippen molar-refractivity contribution >= 4 is 5.91 Å². The maximum atomic E-state index is 11.7. The highest BCUT2D eigenvalue weighted by molar-refractivity contribution is 5.78. The Morgan fingerprint density at radius 2 is 1.82 bits per heavy atom. The third-order valence-corrected chi connectivity index (χ3v) is 2.22. The van der Waals surface area contributed by atoms with Gasteiger partial charge >= 0.3 is 0 Å². The van der Waals surface area contributed by atoms with Gasteiger partial charge in [0.15, 0.2) is 0 Å². The van der Waals surface area contributed by atoms with E-state index in [0.717, 1.165) is 6.54 Å². The summed E-state index contributed by atoms with van der Waals surface area (Å²) in [5.74, 6) is 0.0657. The van der Waals surface area contributed by atoms with Crippen molar-refractivity contribution in [3.8, 4) is 0 Å². The van der Waals surface area contributed by atoms with Gasteiger partial charge in [0.1, 0.15) is 0 Å². The summed E-state index contributed by atoms with van der Waals surface area (Å²) < 4.78 is 0. The van der Waals surface area contributed by atoms with Crippen LogP contribution in [0, 0.1) is 0 Å². The second kappa shape index (κ2) is 5.82. The second-order valence-electron chi connectivity index (χ2n) is 5.46. The molecule has 3 heteroatoms. The number of nitrogens with one attached hydrogen (secondary N) is 1. The van der Waals surface area contributed by atoms with Crippen molar-refractivity contribution in [1.29, 1.82) is 0 Å². The Morgan fingerprint density at radius 3 is 2.35 bits per heavy atom. The van der Waals surface area contributed by atoms with Crippen LogP contribution in [-0.4, -0.2) is 29.9 Å². The van der Waals surface area contributed by atoms with Gasteiger partial charge in [0.25, 0.3) is 0 Å². The molecule has 1 amide bonds. The average Bonchev–Trinajstić information content (AvgIpc) is 2.15. The number of nitrogens with zero attached hydrogens (tertiary/aromatic N) is 1. The molecule has 0 saturated carbocycles. The first-order valence-electron chi connectivity index (χ1n) is 5.90. The zero-order valence-electron chi connectivity index (χ0n) is 11.2. The van der Waals surface area contributed by atoms with Gasteiger partial charge in [-0.25, -0.2) is 0 Å². The maximum absolute atomic E-state index is 11.7. The van der Waals surface area contributed by atoms with Crippen molar-refractivity contribution in [1.82, 2.24) is 10.2 Å². The van der Waals surface area contributed by atoms with Crippen molar-refractivity contribution in [2.24, 2.45) is 0 Å². The Labute approximate surface area is 104 Å². The third-order valence-electron chi connectivity index (χ3n) is 2.22. The molecule has 1 rings (SSSR count). The molecule has 0 fully saturated rings. The summed E-state index contributed by atoms with van der Waals surface area (Å²) >= 11 is 0. The number of hydrogen-bond acceptors (Lipinski definition) is 2. The summed E-state index contributed by atoms with van der Waals surface area (Å²) in [6.45, 7) is 7.18. The van der Waals surface area contributed by atoms with Crippen LogP contribution < -0.4 is 5.32 Å². The minimum absolute atomic E-state index is 0.0657. The summed E-state index contributed by atoms with van der Waals surface area (Å²) in [5, 5.41) is 2.96. The monoisotopic (exact) mass is 234 g/mol. The van der Waals surface area contributed by atoms with Crippen molar-refractivity contribution in [3.63, 3.8) is 0 Å². The molecule has 0 aliphatic heterocycles. The maximum Gasteiger partial charge on any atom is 0.234 e. The fourth-order valence-corrected chi connectivity index (χ4v) is 1.65. The minimum atomic E-state index is -0.162. The Bertz CT molecular complexity index is 354. The van der Waals surface area contributed by atoms with Crippen LogP contribution in [0.1, 0.15) is 26.3 Å². The van der Waals surface area contributed by atoms with Gasteiger partial charge in [-0.2, -0.15) is 0 Å². The second-order valence-corrected chi connectivity index (χ2v) is 5.46. The van der Waals surface area contributed by atoms with E-state index < -0.39 is 0 Å². The summed E-state index contributed by atoms with van der Waals surface area (Å²) in [6.07, 6.45) is 0. The summed E-state index contributed by atoms with van der Waals surface area (Å²) in [4.78, 5) is 13.7. The molecule has 0 aliphatic rings. The molecule has 1 aromatic rings. The van der Waals surface area contributed by atoms with Crippen molar-refractivity contribution in [2.45, 2.75) is 32.9 Å². The van der Waals surface area contributed by atoms with Gasteiger partial charge in [0, 0.05) is 12.1 Å². The van der Waals surface area contributed by atoms with Crippen LogP contribution in [0.3, 0.4) is 0 Å². The normalized spacial score (nSPS) is 11.6. The molecule has 0 unspecified atom stereocenters. The fourth-order valence-electron chi connectivity index (χ4n) is 1.65. The predicted octanol–water partition coefficient (Wildman–Crippen LogP) is 2.03. The number of carbonyl (C=O) groups is 1. The molecule has 0 aromatic heterocycles. The minimum Gasteiger partial charge on any atom is -0.350 e. The topological polar surface area (TPSA) is 32.3 Å². The number of hydrogen-bond donors (Lipinski definition) is 1. The van der Waals surface area contributed by atoms with Gasteiger partial charge in [-0.05, 0) is 33.4 Å². The highest BCUT2D eigenvalue weighted by atomic mass is 16.2. The van der Waals surface area contributed by atoms with Crippen LogP contribution in [0.25, 0.3) is 0 Å². The van der Waals surface area contributed by atoms with Gasteiger partial charge in [-0.15, -0.1) is 0 Å². The zero-order valence-corrected chi connectivity index (χ0v) is 11.2. The number of amides is 1. The van der Waals surface area contributed by atoms with Crippen LogP contribution in [0.2, 0.25) is 0 Å².